The van der Waals surface area contributed by atoms with Crippen LogP contribution < -0.4 is 5.32 Å². The number of nitrogens with zero attached hydrogens (tertiary/aromatic N) is 5. The number of aromatic nitrogens is 3. The molecule has 34 heavy (non-hydrogen) atoms. The number of nitriles is 1. The Bertz CT molecular complexity index is 1480. The Labute approximate surface area is 197 Å². The Kier molecular flexibility index (Phi) is 5.78. The molecule has 0 radical (unpaired) electrons. The first-order valence-electron chi connectivity index (χ1n) is 11.1. The van der Waals surface area contributed by atoms with Gasteiger partial charge in [-0.25, -0.2) is 4.98 Å². The predicted octanol–water partition coefficient (Wildman–Crippen LogP) is 3.02. The largest absolute Gasteiger partial charge is 0.336 e. The van der Waals surface area contributed by atoms with Crippen molar-refractivity contribution >= 4 is 11.6 Å². The maximum atomic E-state index is 12.7. The highest BCUT2D eigenvalue weighted by Gasteiger charge is 2.18. The van der Waals surface area contributed by atoms with Crippen LogP contribution in [0.1, 0.15) is 32.7 Å². The number of carbonyl (C=O) groups is 1. The molecule has 1 amide bonds. The average molecular weight is 447 g/mol. The van der Waals surface area contributed by atoms with Gasteiger partial charge in [0, 0.05) is 49.1 Å². The van der Waals surface area contributed by atoms with Crippen molar-refractivity contribution in [2.75, 3.05) is 26.2 Å². The van der Waals surface area contributed by atoms with Crippen LogP contribution >= 0.6 is 0 Å². The van der Waals surface area contributed by atoms with Crippen LogP contribution in [-0.4, -0.2) is 51.4 Å². The van der Waals surface area contributed by atoms with Gasteiger partial charge in [-0.05, 0) is 42.7 Å². The third kappa shape index (κ3) is 4.25. The van der Waals surface area contributed by atoms with Crippen molar-refractivity contribution in [2.45, 2.75) is 6.92 Å². The average Bonchev–Trinajstić information content (AvgIpc) is 3.30. The van der Waals surface area contributed by atoms with E-state index >= 15 is 0 Å². The lowest BCUT2D eigenvalue weighted by Crippen LogP contribution is -2.46. The zero-order chi connectivity index (χ0) is 23.5. The van der Waals surface area contributed by atoms with Crippen molar-refractivity contribution in [2.24, 2.45) is 0 Å². The van der Waals surface area contributed by atoms with Crippen molar-refractivity contribution in [3.63, 3.8) is 0 Å². The number of benzene rings is 2. The minimum Gasteiger partial charge on any atom is -0.336 e. The molecule has 4 aromatic rings. The highest BCUT2D eigenvalue weighted by Crippen LogP contribution is 2.20. The molecule has 0 atom stereocenters. The molecule has 166 valence electrons. The lowest BCUT2D eigenvalue weighted by molar-refractivity contribution is 0.0736. The number of imidazole rings is 1. The second-order valence-electron chi connectivity index (χ2n) is 8.17. The van der Waals surface area contributed by atoms with E-state index in [1.807, 2.05) is 58.8 Å². The second kappa shape index (κ2) is 9.19. The molecular formula is C27H22N6O. The van der Waals surface area contributed by atoms with Crippen LogP contribution in [0.25, 0.3) is 16.9 Å². The number of rotatable bonds is 2. The fourth-order valence-electron chi connectivity index (χ4n) is 3.96. The number of carbonyl (C=O) groups excluding carboxylic acids is 1. The third-order valence-corrected chi connectivity index (χ3v) is 5.85. The van der Waals surface area contributed by atoms with E-state index in [2.05, 4.69) is 33.2 Å². The van der Waals surface area contributed by atoms with Gasteiger partial charge in [-0.3, -0.25) is 14.2 Å². The lowest BCUT2D eigenvalue weighted by atomic mass is 10.1. The number of fused-ring (bicyclic) bond motifs is 1. The van der Waals surface area contributed by atoms with Crippen molar-refractivity contribution in [3.05, 3.63) is 89.0 Å². The summed E-state index contributed by atoms with van der Waals surface area (Å²) in [5.74, 6) is 6.30. The topological polar surface area (TPSA) is 86.3 Å². The van der Waals surface area contributed by atoms with E-state index in [1.54, 1.807) is 18.5 Å². The van der Waals surface area contributed by atoms with E-state index in [9.17, 15) is 10.1 Å². The molecule has 2 aromatic heterocycles. The molecule has 2 aromatic carbocycles. The highest BCUT2D eigenvalue weighted by molar-refractivity contribution is 5.94. The molecule has 1 aliphatic rings. The number of hydrogen-bond acceptors (Lipinski definition) is 5. The van der Waals surface area contributed by atoms with Crippen LogP contribution in [0.15, 0.2) is 61.1 Å². The van der Waals surface area contributed by atoms with Gasteiger partial charge in [-0.2, -0.15) is 5.26 Å². The molecule has 1 aliphatic heterocycles. The molecule has 7 nitrogen and oxygen atoms in total. The van der Waals surface area contributed by atoms with Crippen molar-refractivity contribution in [1.29, 1.82) is 5.26 Å². The summed E-state index contributed by atoms with van der Waals surface area (Å²) in [5, 5.41) is 12.6. The zero-order valence-electron chi connectivity index (χ0n) is 18.7. The number of nitrogens with one attached hydrogen (secondary N) is 1. The molecule has 0 spiro atoms. The Morgan fingerprint density at radius 2 is 1.79 bits per heavy atom. The Balaban J connectivity index is 1.43. The van der Waals surface area contributed by atoms with E-state index in [0.717, 1.165) is 43.0 Å². The zero-order valence-corrected chi connectivity index (χ0v) is 18.7. The monoisotopic (exact) mass is 446 g/mol. The van der Waals surface area contributed by atoms with Crippen LogP contribution in [-0.2, 0) is 0 Å². The van der Waals surface area contributed by atoms with Gasteiger partial charge in [0.25, 0.3) is 5.91 Å². The molecule has 0 saturated carbocycles. The SMILES string of the molecule is Cc1ccc(C#N)c(C#Cc2cnc3cnc(-c4ccc(C(=O)N5CCNCC5)cc4)cn23)c1. The van der Waals surface area contributed by atoms with Gasteiger partial charge < -0.3 is 10.2 Å². The summed E-state index contributed by atoms with van der Waals surface area (Å²) in [6, 6.07) is 15.3. The van der Waals surface area contributed by atoms with Gasteiger partial charge in [-0.1, -0.05) is 24.1 Å². The number of hydrogen-bond donors (Lipinski definition) is 1. The lowest BCUT2D eigenvalue weighted by Gasteiger charge is -2.27. The first kappa shape index (κ1) is 21.4. The first-order valence-corrected chi connectivity index (χ1v) is 11.1. The minimum absolute atomic E-state index is 0.0523. The summed E-state index contributed by atoms with van der Waals surface area (Å²) < 4.78 is 1.89. The van der Waals surface area contributed by atoms with Gasteiger partial charge in [0.2, 0.25) is 0 Å². The van der Waals surface area contributed by atoms with E-state index in [0.29, 0.717) is 28.0 Å². The summed E-state index contributed by atoms with van der Waals surface area (Å²) in [7, 11) is 0. The van der Waals surface area contributed by atoms with E-state index in [1.165, 1.54) is 0 Å². The van der Waals surface area contributed by atoms with E-state index < -0.39 is 0 Å². The molecule has 0 bridgehead atoms. The molecule has 3 heterocycles. The smallest absolute Gasteiger partial charge is 0.253 e. The summed E-state index contributed by atoms with van der Waals surface area (Å²) in [4.78, 5) is 23.5. The molecule has 1 N–H and O–H groups in total. The van der Waals surface area contributed by atoms with Crippen molar-refractivity contribution in [1.82, 2.24) is 24.6 Å². The summed E-state index contributed by atoms with van der Waals surface area (Å²) >= 11 is 0. The molecule has 0 unspecified atom stereocenters. The van der Waals surface area contributed by atoms with E-state index in [4.69, 9.17) is 0 Å². The number of aryl methyl sites for hydroxylation is 1. The standard InChI is InChI=1S/C27H22N6O/c1-19-2-3-23(15-28)22(14-19)8-9-24-16-31-26-17-30-25(18-33(24)26)20-4-6-21(7-5-20)27(34)32-12-10-29-11-13-32/h2-7,14,16-18,29H,10-13H2,1H3. The van der Waals surface area contributed by atoms with Crippen LogP contribution in [0.4, 0.5) is 0 Å². The molecule has 5 rings (SSSR count). The summed E-state index contributed by atoms with van der Waals surface area (Å²) in [5.41, 5.74) is 6.00. The Hall–Kier alpha value is -4.46. The summed E-state index contributed by atoms with van der Waals surface area (Å²) in [6.07, 6.45) is 5.29. The van der Waals surface area contributed by atoms with Crippen LogP contribution in [0.3, 0.4) is 0 Å². The molecular weight excluding hydrogens is 424 g/mol. The van der Waals surface area contributed by atoms with Crippen molar-refractivity contribution < 1.29 is 4.79 Å². The minimum atomic E-state index is 0.0523. The molecule has 7 heteroatoms. The van der Waals surface area contributed by atoms with Crippen LogP contribution in [0.5, 0.6) is 0 Å². The first-order chi connectivity index (χ1) is 16.6. The number of amides is 1. The quantitative estimate of drug-likeness (QED) is 0.479. The molecule has 0 aliphatic carbocycles. The van der Waals surface area contributed by atoms with Gasteiger partial charge in [0.1, 0.15) is 11.8 Å². The summed E-state index contributed by atoms with van der Waals surface area (Å²) in [6.45, 7) is 5.07. The maximum absolute atomic E-state index is 12.7. The fourth-order valence-corrected chi connectivity index (χ4v) is 3.96. The molecule has 1 fully saturated rings. The molecule has 1 saturated heterocycles. The van der Waals surface area contributed by atoms with Crippen LogP contribution in [0.2, 0.25) is 0 Å². The predicted molar refractivity (Wildman–Crippen MR) is 129 cm³/mol. The fraction of sp³-hybridized carbons (Fsp3) is 0.185. The number of piperazine rings is 1. The van der Waals surface area contributed by atoms with Crippen molar-refractivity contribution in [3.8, 4) is 29.2 Å². The highest BCUT2D eigenvalue weighted by atomic mass is 16.2. The van der Waals surface area contributed by atoms with Gasteiger partial charge in [0.15, 0.2) is 5.65 Å². The Morgan fingerprint density at radius 1 is 1.00 bits per heavy atom. The maximum Gasteiger partial charge on any atom is 0.253 e. The van der Waals surface area contributed by atoms with Gasteiger partial charge >= 0.3 is 0 Å². The normalized spacial score (nSPS) is 13.2. The van der Waals surface area contributed by atoms with E-state index in [-0.39, 0.29) is 5.91 Å². The van der Waals surface area contributed by atoms with Gasteiger partial charge in [-0.15, -0.1) is 0 Å². The third-order valence-electron chi connectivity index (χ3n) is 5.85. The second-order valence-corrected chi connectivity index (χ2v) is 8.17. The van der Waals surface area contributed by atoms with Gasteiger partial charge in [0.05, 0.1) is 23.7 Å². The van der Waals surface area contributed by atoms with Crippen LogP contribution in [0, 0.1) is 30.1 Å². The Morgan fingerprint density at radius 3 is 2.56 bits per heavy atom.